The molecule has 0 aliphatic carbocycles. The van der Waals surface area contributed by atoms with Crippen molar-refractivity contribution in [1.29, 1.82) is 0 Å². The van der Waals surface area contributed by atoms with Crippen LogP contribution in [0.15, 0.2) is 42.5 Å². The van der Waals surface area contributed by atoms with Gasteiger partial charge in [-0.05, 0) is 24.1 Å². The summed E-state index contributed by atoms with van der Waals surface area (Å²) in [4.78, 5) is 23.1. The van der Waals surface area contributed by atoms with E-state index >= 15 is 0 Å². The van der Waals surface area contributed by atoms with Crippen LogP contribution in [-0.4, -0.2) is 30.5 Å². The van der Waals surface area contributed by atoms with E-state index in [1.807, 2.05) is 0 Å². The Balaban J connectivity index is 1.77. The van der Waals surface area contributed by atoms with Gasteiger partial charge in [0.15, 0.2) is 0 Å². The molecule has 2 N–H and O–H groups in total. The number of rotatable bonds is 5. The van der Waals surface area contributed by atoms with Crippen molar-refractivity contribution in [2.75, 3.05) is 6.54 Å². The maximum atomic E-state index is 13.4. The molecule has 1 unspecified atom stereocenters. The molecule has 0 spiro atoms. The minimum atomic E-state index is -4.48. The Morgan fingerprint density at radius 1 is 1.14 bits per heavy atom. The zero-order chi connectivity index (χ0) is 21.2. The largest absolute Gasteiger partial charge is 0.487 e. The maximum absolute atomic E-state index is 13.4. The first kappa shape index (κ1) is 20.7. The molecule has 0 saturated heterocycles. The van der Waals surface area contributed by atoms with Crippen molar-refractivity contribution in [3.05, 3.63) is 53.6 Å². The molecular weight excluding hydrogens is 385 g/mol. The molecule has 1 aliphatic rings. The standard InChI is InChI=1S/C21H21F3N2O3/c1-12(26-13(2)27)20(28)25-11-15-10-14-6-5-8-17(19(14)29-15)16-7-3-4-9-18(16)21(22,23)24/h3-9,12,15H,10-11H2,1-2H3,(H,25,28)(H,26,27)/t12-,15?/m0/s1. The van der Waals surface area contributed by atoms with Gasteiger partial charge in [-0.25, -0.2) is 0 Å². The first-order valence-corrected chi connectivity index (χ1v) is 9.16. The minimum Gasteiger partial charge on any atom is -0.487 e. The van der Waals surface area contributed by atoms with Crippen LogP contribution in [0.4, 0.5) is 13.2 Å². The Morgan fingerprint density at radius 3 is 2.52 bits per heavy atom. The molecule has 154 valence electrons. The molecule has 3 rings (SSSR count). The lowest BCUT2D eigenvalue weighted by atomic mass is 9.96. The normalized spacial score (nSPS) is 16.5. The molecule has 1 aliphatic heterocycles. The van der Waals surface area contributed by atoms with Crippen molar-refractivity contribution >= 4 is 11.8 Å². The van der Waals surface area contributed by atoms with Crippen LogP contribution < -0.4 is 15.4 Å². The summed E-state index contributed by atoms with van der Waals surface area (Å²) in [7, 11) is 0. The van der Waals surface area contributed by atoms with Crippen LogP contribution in [0.2, 0.25) is 0 Å². The fourth-order valence-corrected chi connectivity index (χ4v) is 3.37. The van der Waals surface area contributed by atoms with Gasteiger partial charge in [0.25, 0.3) is 0 Å². The summed E-state index contributed by atoms with van der Waals surface area (Å²) in [6, 6.07) is 9.79. The number of carbonyl (C=O) groups excluding carboxylic acids is 2. The fourth-order valence-electron chi connectivity index (χ4n) is 3.37. The number of alkyl halides is 3. The van der Waals surface area contributed by atoms with Crippen LogP contribution >= 0.6 is 0 Å². The highest BCUT2D eigenvalue weighted by Crippen LogP contribution is 2.43. The number of para-hydroxylation sites is 1. The van der Waals surface area contributed by atoms with Gasteiger partial charge in [-0.1, -0.05) is 36.4 Å². The molecule has 0 bridgehead atoms. The Kier molecular flexibility index (Phi) is 5.81. The predicted octanol–water partition coefficient (Wildman–Crippen LogP) is 3.32. The summed E-state index contributed by atoms with van der Waals surface area (Å²) >= 11 is 0. The molecule has 0 aromatic heterocycles. The summed E-state index contributed by atoms with van der Waals surface area (Å²) in [6.45, 7) is 3.06. The van der Waals surface area contributed by atoms with E-state index in [-0.39, 0.29) is 23.9 Å². The minimum absolute atomic E-state index is 0.0563. The Labute approximate surface area is 166 Å². The summed E-state index contributed by atoms with van der Waals surface area (Å²) in [5.74, 6) is -0.272. The number of hydrogen-bond donors (Lipinski definition) is 2. The highest BCUT2D eigenvalue weighted by Gasteiger charge is 2.35. The zero-order valence-corrected chi connectivity index (χ0v) is 16.0. The van der Waals surface area contributed by atoms with Crippen molar-refractivity contribution < 1.29 is 27.5 Å². The number of benzene rings is 2. The Hall–Kier alpha value is -3.03. The first-order chi connectivity index (χ1) is 13.7. The van der Waals surface area contributed by atoms with Crippen molar-refractivity contribution in [3.63, 3.8) is 0 Å². The monoisotopic (exact) mass is 406 g/mol. The van der Waals surface area contributed by atoms with E-state index in [4.69, 9.17) is 4.74 Å². The van der Waals surface area contributed by atoms with E-state index in [9.17, 15) is 22.8 Å². The highest BCUT2D eigenvalue weighted by molar-refractivity contribution is 5.86. The van der Waals surface area contributed by atoms with Gasteiger partial charge >= 0.3 is 6.18 Å². The van der Waals surface area contributed by atoms with Gasteiger partial charge in [-0.2, -0.15) is 13.2 Å². The van der Waals surface area contributed by atoms with E-state index in [1.165, 1.54) is 19.1 Å². The van der Waals surface area contributed by atoms with Gasteiger partial charge in [0, 0.05) is 18.9 Å². The molecular formula is C21H21F3N2O3. The van der Waals surface area contributed by atoms with Crippen LogP contribution in [0, 0.1) is 0 Å². The lowest BCUT2D eigenvalue weighted by Gasteiger charge is -2.17. The van der Waals surface area contributed by atoms with Gasteiger partial charge in [0.2, 0.25) is 11.8 Å². The van der Waals surface area contributed by atoms with Crippen LogP contribution in [0.25, 0.3) is 11.1 Å². The summed E-state index contributed by atoms with van der Waals surface area (Å²) in [6.07, 6.45) is -4.42. The maximum Gasteiger partial charge on any atom is 0.417 e. The third-order valence-electron chi connectivity index (χ3n) is 4.67. The second kappa shape index (κ2) is 8.14. The number of ether oxygens (including phenoxy) is 1. The molecule has 8 heteroatoms. The average molecular weight is 406 g/mol. The number of hydrogen-bond acceptors (Lipinski definition) is 3. The van der Waals surface area contributed by atoms with Crippen LogP contribution in [0.3, 0.4) is 0 Å². The molecule has 29 heavy (non-hydrogen) atoms. The third kappa shape index (κ3) is 4.70. The molecule has 0 saturated carbocycles. The van der Waals surface area contributed by atoms with Gasteiger partial charge in [0.05, 0.1) is 12.1 Å². The summed E-state index contributed by atoms with van der Waals surface area (Å²) in [5, 5.41) is 5.19. The molecule has 2 atom stereocenters. The molecule has 5 nitrogen and oxygen atoms in total. The van der Waals surface area contributed by atoms with Crippen molar-refractivity contribution in [2.24, 2.45) is 0 Å². The zero-order valence-electron chi connectivity index (χ0n) is 16.0. The lowest BCUT2D eigenvalue weighted by molar-refractivity contribution is -0.137. The van der Waals surface area contributed by atoms with Crippen molar-refractivity contribution in [3.8, 4) is 16.9 Å². The second-order valence-corrected chi connectivity index (χ2v) is 6.95. The molecule has 1 heterocycles. The van der Waals surface area contributed by atoms with Crippen molar-refractivity contribution in [1.82, 2.24) is 10.6 Å². The first-order valence-electron chi connectivity index (χ1n) is 9.16. The lowest BCUT2D eigenvalue weighted by Crippen LogP contribution is -2.46. The molecule has 2 aromatic carbocycles. The number of halogens is 3. The van der Waals surface area contributed by atoms with Crippen molar-refractivity contribution in [2.45, 2.75) is 38.6 Å². The number of carbonyl (C=O) groups is 2. The Bertz CT molecular complexity index is 928. The van der Waals surface area contributed by atoms with Gasteiger partial charge in [0.1, 0.15) is 17.9 Å². The summed E-state index contributed by atoms with van der Waals surface area (Å²) < 4.78 is 46.2. The van der Waals surface area contributed by atoms with Gasteiger partial charge < -0.3 is 15.4 Å². The topological polar surface area (TPSA) is 67.4 Å². The summed E-state index contributed by atoms with van der Waals surface area (Å²) in [5.41, 5.74) is 0.489. The average Bonchev–Trinajstić information content (AvgIpc) is 3.08. The molecule has 0 radical (unpaired) electrons. The van der Waals surface area contributed by atoms with E-state index in [1.54, 1.807) is 31.2 Å². The predicted molar refractivity (Wildman–Crippen MR) is 101 cm³/mol. The number of nitrogens with one attached hydrogen (secondary N) is 2. The van der Waals surface area contributed by atoms with E-state index in [0.717, 1.165) is 11.6 Å². The third-order valence-corrected chi connectivity index (χ3v) is 4.67. The van der Waals surface area contributed by atoms with Crippen LogP contribution in [-0.2, 0) is 22.2 Å². The number of fused-ring (bicyclic) bond motifs is 1. The molecule has 2 amide bonds. The second-order valence-electron chi connectivity index (χ2n) is 6.95. The van der Waals surface area contributed by atoms with Gasteiger partial charge in [-0.3, -0.25) is 9.59 Å². The quantitative estimate of drug-likeness (QED) is 0.801. The Morgan fingerprint density at radius 2 is 1.83 bits per heavy atom. The SMILES string of the molecule is CC(=O)N[C@@H](C)C(=O)NCC1Cc2cccc(-c3ccccc3C(F)(F)F)c2O1. The molecule has 2 aromatic rings. The fraction of sp³-hybridized carbons (Fsp3) is 0.333. The van der Waals surface area contributed by atoms with E-state index in [0.29, 0.717) is 17.7 Å². The van der Waals surface area contributed by atoms with Crippen LogP contribution in [0.1, 0.15) is 25.0 Å². The molecule has 0 fully saturated rings. The van der Waals surface area contributed by atoms with E-state index in [2.05, 4.69) is 10.6 Å². The van der Waals surface area contributed by atoms with Crippen LogP contribution in [0.5, 0.6) is 5.75 Å². The highest BCUT2D eigenvalue weighted by atomic mass is 19.4. The number of amides is 2. The van der Waals surface area contributed by atoms with E-state index < -0.39 is 23.9 Å². The van der Waals surface area contributed by atoms with Gasteiger partial charge in [-0.15, -0.1) is 0 Å². The smallest absolute Gasteiger partial charge is 0.417 e.